The van der Waals surface area contributed by atoms with Crippen molar-refractivity contribution in [1.82, 2.24) is 4.90 Å². The summed E-state index contributed by atoms with van der Waals surface area (Å²) in [6.45, 7) is 3.10. The van der Waals surface area contributed by atoms with Gasteiger partial charge in [-0.25, -0.2) is 0 Å². The van der Waals surface area contributed by atoms with Crippen LogP contribution in [-0.4, -0.2) is 55.7 Å². The maximum absolute atomic E-state index is 13.1. The first-order valence-electron chi connectivity index (χ1n) is 12.4. The van der Waals surface area contributed by atoms with Crippen LogP contribution in [0.1, 0.15) is 36.0 Å². The van der Waals surface area contributed by atoms with E-state index in [0.29, 0.717) is 61.5 Å². The molecule has 3 aliphatic heterocycles. The summed E-state index contributed by atoms with van der Waals surface area (Å²) in [7, 11) is 0. The molecular formula is C27H28F3N3O4. The molecule has 196 valence electrons. The lowest BCUT2D eigenvalue weighted by Gasteiger charge is -2.33. The van der Waals surface area contributed by atoms with E-state index in [1.165, 1.54) is 12.1 Å². The van der Waals surface area contributed by atoms with Gasteiger partial charge in [0.25, 0.3) is 0 Å². The van der Waals surface area contributed by atoms with Crippen LogP contribution in [0, 0.1) is 0 Å². The fourth-order valence-corrected chi connectivity index (χ4v) is 4.99. The van der Waals surface area contributed by atoms with Crippen LogP contribution in [0.15, 0.2) is 42.5 Å². The number of fused-ring (bicyclic) bond motifs is 2. The fourth-order valence-electron chi connectivity index (χ4n) is 4.99. The van der Waals surface area contributed by atoms with Crippen molar-refractivity contribution < 1.29 is 32.2 Å². The molecule has 0 radical (unpaired) electrons. The molecule has 0 bridgehead atoms. The van der Waals surface area contributed by atoms with E-state index in [0.717, 1.165) is 30.7 Å². The number of carbonyl (C=O) groups is 2. The molecule has 5 rings (SSSR count). The zero-order valence-corrected chi connectivity index (χ0v) is 20.2. The van der Waals surface area contributed by atoms with Crippen molar-refractivity contribution in [2.24, 2.45) is 0 Å². The first-order valence-corrected chi connectivity index (χ1v) is 12.4. The number of ether oxygens (including phenoxy) is 2. The minimum atomic E-state index is -4.48. The van der Waals surface area contributed by atoms with Crippen LogP contribution in [0.2, 0.25) is 0 Å². The predicted molar refractivity (Wildman–Crippen MR) is 132 cm³/mol. The normalized spacial score (nSPS) is 21.6. The van der Waals surface area contributed by atoms with Crippen molar-refractivity contribution in [1.29, 1.82) is 0 Å². The third-order valence-electron chi connectivity index (χ3n) is 6.86. The third kappa shape index (κ3) is 5.80. The summed E-state index contributed by atoms with van der Waals surface area (Å²) < 4.78 is 50.4. The van der Waals surface area contributed by atoms with E-state index in [4.69, 9.17) is 9.47 Å². The topological polar surface area (TPSA) is 79.9 Å². The van der Waals surface area contributed by atoms with Crippen LogP contribution in [0.5, 0.6) is 5.75 Å². The Kier molecular flexibility index (Phi) is 7.21. The van der Waals surface area contributed by atoms with Gasteiger partial charge in [-0.1, -0.05) is 12.1 Å². The third-order valence-corrected chi connectivity index (χ3v) is 6.86. The first kappa shape index (κ1) is 25.3. The molecule has 2 N–H and O–H groups in total. The molecule has 0 aliphatic carbocycles. The molecule has 2 aromatic rings. The molecule has 2 aromatic carbocycles. The van der Waals surface area contributed by atoms with Crippen LogP contribution >= 0.6 is 0 Å². The van der Waals surface area contributed by atoms with E-state index >= 15 is 0 Å². The van der Waals surface area contributed by atoms with Gasteiger partial charge >= 0.3 is 6.18 Å². The molecule has 3 aliphatic rings. The van der Waals surface area contributed by atoms with Gasteiger partial charge in [-0.05, 0) is 61.1 Å². The summed E-state index contributed by atoms with van der Waals surface area (Å²) in [5.41, 5.74) is 2.45. The lowest BCUT2D eigenvalue weighted by atomic mass is 9.97. The number of alkyl halides is 3. The average Bonchev–Trinajstić information content (AvgIpc) is 3.24. The second-order valence-corrected chi connectivity index (χ2v) is 9.40. The van der Waals surface area contributed by atoms with Gasteiger partial charge in [0.2, 0.25) is 11.8 Å². The molecule has 3 heterocycles. The Morgan fingerprint density at radius 1 is 1.08 bits per heavy atom. The summed E-state index contributed by atoms with van der Waals surface area (Å²) in [5.74, 6) is -0.367. The molecule has 1 fully saturated rings. The average molecular weight is 516 g/mol. The fraction of sp³-hybridized carbons (Fsp3) is 0.407. The second kappa shape index (κ2) is 10.5. The highest BCUT2D eigenvalue weighted by atomic mass is 19.4. The number of hydrogen-bond donors (Lipinski definition) is 2. The Balaban J connectivity index is 1.30. The number of allylic oxidation sites excluding steroid dienone is 1. The van der Waals surface area contributed by atoms with Crippen molar-refractivity contribution in [2.45, 2.75) is 37.9 Å². The molecule has 2 amide bonds. The lowest BCUT2D eigenvalue weighted by Crippen LogP contribution is -2.48. The first-order chi connectivity index (χ1) is 17.8. The van der Waals surface area contributed by atoms with Crippen LogP contribution in [0.25, 0.3) is 5.57 Å². The Hall–Kier alpha value is -3.37. The van der Waals surface area contributed by atoms with E-state index in [2.05, 4.69) is 15.5 Å². The number of rotatable bonds is 3. The largest absolute Gasteiger partial charge is 0.493 e. The smallest absolute Gasteiger partial charge is 0.416 e. The molecule has 1 saturated heterocycles. The number of anilines is 2. The SMILES string of the molecule is O=C(/C=C1\CCCOc2cc(C(F)(F)F)ccc21)Nc1ccc2c(c1)NC(=O)C(N1CCCOCC1)C2. The highest BCUT2D eigenvalue weighted by molar-refractivity contribution is 6.05. The number of hydrogen-bond acceptors (Lipinski definition) is 5. The van der Waals surface area contributed by atoms with Crippen molar-refractivity contribution in [3.63, 3.8) is 0 Å². The summed E-state index contributed by atoms with van der Waals surface area (Å²) >= 11 is 0. The zero-order chi connectivity index (χ0) is 26.0. The minimum absolute atomic E-state index is 0.0757. The minimum Gasteiger partial charge on any atom is -0.493 e. The monoisotopic (exact) mass is 515 g/mol. The van der Waals surface area contributed by atoms with Crippen LogP contribution in [0.3, 0.4) is 0 Å². The molecule has 37 heavy (non-hydrogen) atoms. The van der Waals surface area contributed by atoms with Gasteiger partial charge in [0.15, 0.2) is 0 Å². The van der Waals surface area contributed by atoms with Crippen molar-refractivity contribution in [3.8, 4) is 5.75 Å². The maximum atomic E-state index is 13.1. The number of halogens is 3. The Labute approximate surface area is 212 Å². The van der Waals surface area contributed by atoms with Gasteiger partial charge in [0, 0.05) is 42.7 Å². The van der Waals surface area contributed by atoms with Crippen LogP contribution in [-0.2, 0) is 26.9 Å². The van der Waals surface area contributed by atoms with Crippen LogP contribution in [0.4, 0.5) is 24.5 Å². The van der Waals surface area contributed by atoms with E-state index in [1.54, 1.807) is 12.1 Å². The van der Waals surface area contributed by atoms with Gasteiger partial charge < -0.3 is 20.1 Å². The second-order valence-electron chi connectivity index (χ2n) is 9.40. The van der Waals surface area contributed by atoms with Gasteiger partial charge in [0.05, 0.1) is 24.8 Å². The van der Waals surface area contributed by atoms with Gasteiger partial charge in [0.1, 0.15) is 5.75 Å². The lowest BCUT2D eigenvalue weighted by molar-refractivity contribution is -0.137. The summed E-state index contributed by atoms with van der Waals surface area (Å²) in [6, 6.07) is 8.48. The van der Waals surface area contributed by atoms with E-state index in [9.17, 15) is 22.8 Å². The molecule has 0 aromatic heterocycles. The molecular weight excluding hydrogens is 487 g/mol. The number of amides is 2. The molecule has 7 nitrogen and oxygen atoms in total. The van der Waals surface area contributed by atoms with Crippen LogP contribution < -0.4 is 15.4 Å². The van der Waals surface area contributed by atoms with Crippen molar-refractivity contribution in [3.05, 3.63) is 59.2 Å². The molecule has 10 heteroatoms. The number of benzene rings is 2. The van der Waals surface area contributed by atoms with Gasteiger partial charge in [-0.2, -0.15) is 13.2 Å². The summed E-state index contributed by atoms with van der Waals surface area (Å²) in [4.78, 5) is 27.8. The quantitative estimate of drug-likeness (QED) is 0.590. The van der Waals surface area contributed by atoms with E-state index < -0.39 is 17.6 Å². The number of nitrogens with one attached hydrogen (secondary N) is 2. The highest BCUT2D eigenvalue weighted by Crippen LogP contribution is 2.38. The van der Waals surface area contributed by atoms with E-state index in [-0.39, 0.29) is 24.3 Å². The number of carbonyl (C=O) groups excluding carboxylic acids is 2. The Morgan fingerprint density at radius 3 is 2.78 bits per heavy atom. The van der Waals surface area contributed by atoms with Crippen molar-refractivity contribution in [2.75, 3.05) is 43.5 Å². The highest BCUT2D eigenvalue weighted by Gasteiger charge is 2.33. The zero-order valence-electron chi connectivity index (χ0n) is 20.2. The number of nitrogens with zero attached hydrogens (tertiary/aromatic N) is 1. The summed E-state index contributed by atoms with van der Waals surface area (Å²) in [6.07, 6.45) is -0.543. The van der Waals surface area contributed by atoms with Gasteiger partial charge in [-0.15, -0.1) is 0 Å². The molecule has 0 saturated carbocycles. The van der Waals surface area contributed by atoms with Crippen molar-refractivity contribution >= 4 is 28.8 Å². The molecule has 1 atom stereocenters. The Bertz CT molecular complexity index is 1220. The maximum Gasteiger partial charge on any atom is 0.416 e. The molecule has 0 spiro atoms. The predicted octanol–water partition coefficient (Wildman–Crippen LogP) is 4.49. The standard InChI is InChI=1S/C27H28F3N3O4/c28-27(29,30)19-5-7-21-17(3-1-11-37-24(21)15-19)14-25(34)31-20-6-4-18-13-23(26(35)32-22(18)16-20)33-8-2-10-36-12-9-33/h4-7,14-16,23H,1-3,8-13H2,(H,31,34)(H,32,35)/b17-14+. The van der Waals surface area contributed by atoms with E-state index in [1.807, 2.05) is 6.07 Å². The molecule has 1 unspecified atom stereocenters. The summed E-state index contributed by atoms with van der Waals surface area (Å²) in [5, 5.41) is 5.77. The van der Waals surface area contributed by atoms with Gasteiger partial charge in [-0.3, -0.25) is 14.5 Å². The Morgan fingerprint density at radius 2 is 1.95 bits per heavy atom.